The lowest BCUT2D eigenvalue weighted by Crippen LogP contribution is -2.56. The van der Waals surface area contributed by atoms with E-state index in [2.05, 4.69) is 5.16 Å². The van der Waals surface area contributed by atoms with Crippen LogP contribution in [-0.4, -0.2) is 82.4 Å². The molecule has 0 unspecified atom stereocenters. The highest BCUT2D eigenvalue weighted by atomic mass is 19.1. The third kappa shape index (κ3) is 10.0. The molecule has 2 fully saturated rings. The Labute approximate surface area is 288 Å². The predicted octanol–water partition coefficient (Wildman–Crippen LogP) is 5.70. The second-order valence-electron chi connectivity index (χ2n) is 12.9. The van der Waals surface area contributed by atoms with Crippen LogP contribution in [-0.2, 0) is 31.9 Å². The molecule has 3 heterocycles. The van der Waals surface area contributed by atoms with E-state index in [0.717, 1.165) is 11.1 Å². The van der Waals surface area contributed by atoms with E-state index in [4.69, 9.17) is 14.0 Å². The standard InChI is InChI=1S/C19H24FNO5.C17H19FN2O4/c1-3-26-17(23)10-16(22)14-8-9-21(18(24)25)19(2,12-14)11-13-4-6-15(20)7-5-13;1-23-17(22)20-7-6-12(15-10-16(21)19-24-15)9-14(20)8-11-2-4-13(18)5-3-11/h4-7,14H,3,8-12H2,1-2H3,(H,24,25);2-5,10,12,14H,6-9H2,1H3,(H,19,21)/t14-,19+;12-,14+/m00/s1. The molecule has 0 spiro atoms. The van der Waals surface area contributed by atoms with E-state index in [1.54, 1.807) is 43.0 Å². The largest absolute Gasteiger partial charge is 0.466 e. The van der Waals surface area contributed by atoms with E-state index in [1.807, 2.05) is 0 Å². The Kier molecular flexibility index (Phi) is 12.9. The van der Waals surface area contributed by atoms with E-state index in [9.17, 15) is 37.9 Å². The first kappa shape index (κ1) is 37.8. The zero-order valence-electron chi connectivity index (χ0n) is 28.4. The molecular formula is C36H43F2N3O9. The first-order valence-corrected chi connectivity index (χ1v) is 16.5. The Hall–Kier alpha value is -5.01. The molecule has 0 bridgehead atoms. The van der Waals surface area contributed by atoms with E-state index < -0.39 is 23.5 Å². The number of rotatable bonds is 9. The lowest BCUT2D eigenvalue weighted by atomic mass is 9.76. The first-order valence-electron chi connectivity index (χ1n) is 16.5. The Morgan fingerprint density at radius 2 is 1.64 bits per heavy atom. The Balaban J connectivity index is 0.000000225. The van der Waals surface area contributed by atoms with Gasteiger partial charge in [-0.05, 0) is 87.8 Å². The Bertz CT molecular complexity index is 1670. The summed E-state index contributed by atoms with van der Waals surface area (Å²) >= 11 is 0. The van der Waals surface area contributed by atoms with Crippen LogP contribution in [0, 0.1) is 17.6 Å². The smallest absolute Gasteiger partial charge is 0.409 e. The quantitative estimate of drug-likeness (QED) is 0.211. The van der Waals surface area contributed by atoms with Gasteiger partial charge in [-0.2, -0.15) is 5.16 Å². The van der Waals surface area contributed by atoms with Crippen molar-refractivity contribution in [1.29, 1.82) is 0 Å². The number of carbonyl (C=O) groups excluding carboxylic acids is 3. The van der Waals surface area contributed by atoms with E-state index in [-0.39, 0.29) is 60.6 Å². The highest BCUT2D eigenvalue weighted by Crippen LogP contribution is 2.36. The van der Waals surface area contributed by atoms with Gasteiger partial charge < -0.3 is 28.9 Å². The van der Waals surface area contributed by atoms with Crippen molar-refractivity contribution in [2.24, 2.45) is 5.92 Å². The highest BCUT2D eigenvalue weighted by molar-refractivity contribution is 5.97. The second-order valence-corrected chi connectivity index (χ2v) is 12.9. The number of halogens is 2. The topological polar surface area (TPSA) is 159 Å². The van der Waals surface area contributed by atoms with Crippen LogP contribution in [0.5, 0.6) is 0 Å². The fourth-order valence-corrected chi connectivity index (χ4v) is 6.86. The SMILES string of the molecule is CCOC(=O)CC(=O)[C@H]1CCN(C(=O)O)[C@](C)(Cc2ccc(F)cc2)C1.COC(=O)N1CC[C@H](c2cc(=O)[nH]o2)C[C@H]1Cc1ccc(F)cc1. The van der Waals surface area contributed by atoms with Crippen molar-refractivity contribution in [1.82, 2.24) is 15.0 Å². The number of carboxylic acid groups (broad SMARTS) is 1. The minimum Gasteiger partial charge on any atom is -0.466 e. The maximum atomic E-state index is 13.1. The van der Waals surface area contributed by atoms with Crippen LogP contribution < -0.4 is 5.56 Å². The number of nitrogens with zero attached hydrogens (tertiary/aromatic N) is 2. The van der Waals surface area contributed by atoms with Gasteiger partial charge in [0.05, 0.1) is 13.7 Å². The number of benzene rings is 2. The monoisotopic (exact) mass is 699 g/mol. The maximum absolute atomic E-state index is 13.1. The van der Waals surface area contributed by atoms with Crippen molar-refractivity contribution in [2.45, 2.75) is 76.3 Å². The molecule has 2 saturated heterocycles. The zero-order chi connectivity index (χ0) is 36.4. The molecule has 2 aliphatic heterocycles. The number of carbonyl (C=O) groups is 4. The number of likely N-dealkylation sites (tertiary alicyclic amines) is 2. The van der Waals surface area contributed by atoms with Crippen molar-refractivity contribution in [3.05, 3.63) is 93.5 Å². The molecule has 50 heavy (non-hydrogen) atoms. The van der Waals surface area contributed by atoms with Crippen molar-refractivity contribution in [3.63, 3.8) is 0 Å². The number of esters is 1. The van der Waals surface area contributed by atoms with Gasteiger partial charge in [0.2, 0.25) is 0 Å². The maximum Gasteiger partial charge on any atom is 0.409 e. The van der Waals surface area contributed by atoms with Crippen LogP contribution in [0.1, 0.15) is 68.8 Å². The summed E-state index contributed by atoms with van der Waals surface area (Å²) in [6.07, 6.45) is 1.25. The number of aromatic amines is 1. The summed E-state index contributed by atoms with van der Waals surface area (Å²) < 4.78 is 41.1. The molecule has 2 N–H and O–H groups in total. The van der Waals surface area contributed by atoms with Crippen LogP contribution in [0.4, 0.5) is 18.4 Å². The number of methoxy groups -OCH3 is 1. The molecule has 0 radical (unpaired) electrons. The summed E-state index contributed by atoms with van der Waals surface area (Å²) in [6.45, 7) is 4.40. The zero-order valence-corrected chi connectivity index (χ0v) is 28.4. The lowest BCUT2D eigenvalue weighted by molar-refractivity contribution is -0.147. The molecule has 12 nitrogen and oxygen atoms in total. The van der Waals surface area contributed by atoms with Crippen molar-refractivity contribution >= 4 is 23.9 Å². The van der Waals surface area contributed by atoms with Gasteiger partial charge in [-0.15, -0.1) is 0 Å². The second kappa shape index (κ2) is 17.1. The molecule has 3 aromatic rings. The molecule has 4 atom stereocenters. The summed E-state index contributed by atoms with van der Waals surface area (Å²) in [5.74, 6) is -1.18. The van der Waals surface area contributed by atoms with Crippen LogP contribution in [0.2, 0.25) is 0 Å². The third-order valence-electron chi connectivity index (χ3n) is 9.30. The minimum atomic E-state index is -1.05. The van der Waals surface area contributed by atoms with Gasteiger partial charge in [-0.1, -0.05) is 24.3 Å². The average molecular weight is 700 g/mol. The molecule has 2 aliphatic rings. The number of ketones is 1. The van der Waals surface area contributed by atoms with Gasteiger partial charge in [0, 0.05) is 42.6 Å². The van der Waals surface area contributed by atoms with Gasteiger partial charge in [-0.25, -0.2) is 18.4 Å². The minimum absolute atomic E-state index is 0.0512. The summed E-state index contributed by atoms with van der Waals surface area (Å²) in [7, 11) is 1.36. The summed E-state index contributed by atoms with van der Waals surface area (Å²) in [6, 6.07) is 13.5. The number of H-pyrrole nitrogens is 1. The number of hydrogen-bond acceptors (Lipinski definition) is 8. The number of aromatic nitrogens is 1. The van der Waals surface area contributed by atoms with E-state index >= 15 is 0 Å². The molecule has 0 saturated carbocycles. The fraction of sp³-hybridized carbons (Fsp3) is 0.472. The normalized spacial score (nSPS) is 21.8. The van der Waals surface area contributed by atoms with Crippen LogP contribution in [0.3, 0.4) is 0 Å². The van der Waals surface area contributed by atoms with Gasteiger partial charge >= 0.3 is 18.2 Å². The number of piperidine rings is 2. The Morgan fingerprint density at radius 1 is 1.00 bits per heavy atom. The number of Topliss-reactive ketones (excluding diaryl/α,β-unsaturated/α-hetero) is 1. The van der Waals surface area contributed by atoms with Gasteiger partial charge in [0.1, 0.15) is 29.6 Å². The number of amides is 2. The molecular weight excluding hydrogens is 656 g/mol. The van der Waals surface area contributed by atoms with Crippen molar-refractivity contribution < 1.29 is 47.1 Å². The van der Waals surface area contributed by atoms with Crippen LogP contribution in [0.25, 0.3) is 0 Å². The molecule has 14 heteroatoms. The molecule has 270 valence electrons. The molecule has 5 rings (SSSR count). The van der Waals surface area contributed by atoms with Gasteiger partial charge in [-0.3, -0.25) is 14.4 Å². The van der Waals surface area contributed by atoms with Crippen LogP contribution >= 0.6 is 0 Å². The first-order chi connectivity index (χ1) is 23.8. The van der Waals surface area contributed by atoms with E-state index in [0.29, 0.717) is 50.8 Å². The fourth-order valence-electron chi connectivity index (χ4n) is 6.86. The molecule has 0 aliphatic carbocycles. The van der Waals surface area contributed by atoms with Crippen LogP contribution in [0.15, 0.2) is 63.9 Å². The van der Waals surface area contributed by atoms with Gasteiger partial charge in [0.15, 0.2) is 0 Å². The Morgan fingerprint density at radius 3 is 2.20 bits per heavy atom. The molecule has 1 aromatic heterocycles. The van der Waals surface area contributed by atoms with Crippen molar-refractivity contribution in [2.75, 3.05) is 26.8 Å². The molecule has 2 amide bonds. The highest BCUT2D eigenvalue weighted by Gasteiger charge is 2.43. The van der Waals surface area contributed by atoms with E-state index in [1.165, 1.54) is 42.3 Å². The average Bonchev–Trinajstić information content (AvgIpc) is 3.52. The van der Waals surface area contributed by atoms with Crippen molar-refractivity contribution in [3.8, 4) is 0 Å². The summed E-state index contributed by atoms with van der Waals surface area (Å²) in [5.41, 5.74) is 0.650. The summed E-state index contributed by atoms with van der Waals surface area (Å²) in [4.78, 5) is 62.0. The molecule has 2 aromatic carbocycles. The number of hydrogen-bond donors (Lipinski definition) is 2. The van der Waals surface area contributed by atoms with Gasteiger partial charge in [0.25, 0.3) is 5.56 Å². The lowest BCUT2D eigenvalue weighted by Gasteiger charge is -2.46. The third-order valence-corrected chi connectivity index (χ3v) is 9.30. The predicted molar refractivity (Wildman–Crippen MR) is 177 cm³/mol. The number of nitrogens with one attached hydrogen (secondary N) is 1. The summed E-state index contributed by atoms with van der Waals surface area (Å²) in [5, 5.41) is 11.8. The number of ether oxygens (including phenoxy) is 2.